The standard InChI is InChI=1S/C24H27N5OS/c1-24(20-12-18(14-31-20)19-13-26-10-11-27-19)21(22(30)29(2)23(25)28-24)17-8-6-16(7-9-17)15-4-3-5-15/h6-13,15,18,21H,3-5,14H2,1-2H3,(H2,25,28)/t18?,21?,24-/m1/s1. The molecule has 31 heavy (non-hydrogen) atoms. The van der Waals surface area contributed by atoms with Crippen molar-refractivity contribution in [1.29, 1.82) is 0 Å². The Morgan fingerprint density at radius 2 is 1.90 bits per heavy atom. The minimum absolute atomic E-state index is 0.0177. The zero-order valence-electron chi connectivity index (χ0n) is 17.9. The van der Waals surface area contributed by atoms with Crippen molar-refractivity contribution in [1.82, 2.24) is 14.9 Å². The number of likely N-dealkylation sites (N-methyl/N-ethyl adjacent to an activating group) is 1. The third kappa shape index (κ3) is 3.45. The van der Waals surface area contributed by atoms with E-state index < -0.39 is 11.5 Å². The number of benzene rings is 1. The highest BCUT2D eigenvalue weighted by Crippen LogP contribution is 2.50. The zero-order valence-corrected chi connectivity index (χ0v) is 18.7. The van der Waals surface area contributed by atoms with Crippen LogP contribution in [0.25, 0.3) is 0 Å². The molecule has 5 rings (SSSR count). The number of nitrogens with two attached hydrogens (primary N) is 1. The van der Waals surface area contributed by atoms with E-state index in [-0.39, 0.29) is 17.8 Å². The minimum Gasteiger partial charge on any atom is -0.369 e. The lowest BCUT2D eigenvalue weighted by Gasteiger charge is -2.41. The van der Waals surface area contributed by atoms with E-state index >= 15 is 0 Å². The first kappa shape index (κ1) is 20.2. The molecule has 2 aromatic rings. The van der Waals surface area contributed by atoms with Crippen LogP contribution >= 0.6 is 11.8 Å². The molecule has 3 heterocycles. The van der Waals surface area contributed by atoms with E-state index in [9.17, 15) is 4.79 Å². The second-order valence-corrected chi connectivity index (χ2v) is 9.88. The van der Waals surface area contributed by atoms with Gasteiger partial charge in [-0.05, 0) is 36.8 Å². The summed E-state index contributed by atoms with van der Waals surface area (Å²) in [5, 5.41) is 0. The first-order chi connectivity index (χ1) is 15.0. The number of guanidine groups is 1. The topological polar surface area (TPSA) is 84.5 Å². The Morgan fingerprint density at radius 3 is 2.55 bits per heavy atom. The Morgan fingerprint density at radius 1 is 1.16 bits per heavy atom. The fourth-order valence-electron chi connectivity index (χ4n) is 4.74. The van der Waals surface area contributed by atoms with Gasteiger partial charge in [-0.15, -0.1) is 11.8 Å². The number of aromatic nitrogens is 2. The van der Waals surface area contributed by atoms with Gasteiger partial charge in [0.25, 0.3) is 0 Å². The van der Waals surface area contributed by atoms with Crippen LogP contribution in [-0.2, 0) is 4.79 Å². The second kappa shape index (κ2) is 7.79. The number of carbonyl (C=O) groups excluding carboxylic acids is 1. The van der Waals surface area contributed by atoms with Gasteiger partial charge < -0.3 is 5.73 Å². The molecule has 1 amide bonds. The molecule has 1 aliphatic carbocycles. The summed E-state index contributed by atoms with van der Waals surface area (Å²) in [4.78, 5) is 29.5. The Balaban J connectivity index is 1.53. The molecular formula is C24H27N5OS. The summed E-state index contributed by atoms with van der Waals surface area (Å²) < 4.78 is 0. The number of nitrogens with zero attached hydrogens (tertiary/aromatic N) is 4. The molecule has 0 radical (unpaired) electrons. The predicted octanol–water partition coefficient (Wildman–Crippen LogP) is 3.79. The van der Waals surface area contributed by atoms with E-state index in [1.54, 1.807) is 37.4 Å². The van der Waals surface area contributed by atoms with E-state index in [0.717, 1.165) is 21.9 Å². The molecule has 3 aliphatic rings. The normalized spacial score (nSPS) is 28.8. The maximum absolute atomic E-state index is 13.5. The van der Waals surface area contributed by atoms with Crippen molar-refractivity contribution < 1.29 is 4.79 Å². The molecule has 2 aliphatic heterocycles. The van der Waals surface area contributed by atoms with Gasteiger partial charge in [-0.2, -0.15) is 0 Å². The number of carbonyl (C=O) groups is 1. The van der Waals surface area contributed by atoms with Gasteiger partial charge >= 0.3 is 0 Å². The van der Waals surface area contributed by atoms with E-state index in [1.807, 2.05) is 6.92 Å². The summed E-state index contributed by atoms with van der Waals surface area (Å²) in [7, 11) is 1.70. The summed E-state index contributed by atoms with van der Waals surface area (Å²) in [5.41, 5.74) is 8.74. The molecule has 7 heteroatoms. The van der Waals surface area contributed by atoms with Crippen molar-refractivity contribution in [3.8, 4) is 0 Å². The summed E-state index contributed by atoms with van der Waals surface area (Å²) in [6, 6.07) is 8.60. The van der Waals surface area contributed by atoms with Crippen LogP contribution in [0, 0.1) is 0 Å². The third-order valence-electron chi connectivity index (χ3n) is 6.91. The number of allylic oxidation sites excluding steroid dienone is 1. The Kier molecular flexibility index (Phi) is 5.08. The van der Waals surface area contributed by atoms with Gasteiger partial charge in [0, 0.05) is 42.2 Å². The molecule has 6 nitrogen and oxygen atoms in total. The minimum atomic E-state index is -0.743. The molecule has 1 fully saturated rings. The van der Waals surface area contributed by atoms with E-state index in [0.29, 0.717) is 5.92 Å². The third-order valence-corrected chi connectivity index (χ3v) is 8.30. The molecule has 3 atom stereocenters. The summed E-state index contributed by atoms with van der Waals surface area (Å²) in [6.45, 7) is 2.03. The fourth-order valence-corrected chi connectivity index (χ4v) is 6.08. The largest absolute Gasteiger partial charge is 0.369 e. The highest BCUT2D eigenvalue weighted by Gasteiger charge is 2.49. The fraction of sp³-hybridized carbons (Fsp3) is 0.417. The van der Waals surface area contributed by atoms with Crippen LogP contribution in [0.15, 0.2) is 58.8 Å². The molecule has 0 spiro atoms. The van der Waals surface area contributed by atoms with Gasteiger partial charge in [0.15, 0.2) is 5.96 Å². The Hall–Kier alpha value is -2.67. The summed E-state index contributed by atoms with van der Waals surface area (Å²) >= 11 is 1.74. The highest BCUT2D eigenvalue weighted by molar-refractivity contribution is 8.03. The predicted molar refractivity (Wildman–Crippen MR) is 124 cm³/mol. The van der Waals surface area contributed by atoms with Crippen LogP contribution in [0.2, 0.25) is 0 Å². The molecule has 1 saturated carbocycles. The number of hydrogen-bond donors (Lipinski definition) is 1. The Bertz CT molecular complexity index is 1050. The molecule has 1 aromatic carbocycles. The quantitative estimate of drug-likeness (QED) is 0.793. The van der Waals surface area contributed by atoms with Crippen LogP contribution in [0.3, 0.4) is 0 Å². The van der Waals surface area contributed by atoms with Crippen LogP contribution in [0.1, 0.15) is 60.8 Å². The Labute approximate surface area is 187 Å². The maximum Gasteiger partial charge on any atom is 0.239 e. The average molecular weight is 434 g/mol. The molecule has 160 valence electrons. The SMILES string of the molecule is CN1C(=O)C(c2ccc(C3CCC3)cc2)[C@@](C)(C2=CC(c3cnccn3)CS2)N=C1N. The van der Waals surface area contributed by atoms with Crippen LogP contribution < -0.4 is 5.73 Å². The number of aliphatic imine (C=N–C) groups is 1. The number of hydrogen-bond acceptors (Lipinski definition) is 6. The van der Waals surface area contributed by atoms with Gasteiger partial charge in [-0.3, -0.25) is 19.7 Å². The monoisotopic (exact) mass is 433 g/mol. The van der Waals surface area contributed by atoms with Crippen LogP contribution in [0.4, 0.5) is 0 Å². The van der Waals surface area contributed by atoms with Crippen molar-refractivity contribution in [2.75, 3.05) is 12.8 Å². The van der Waals surface area contributed by atoms with Crippen molar-refractivity contribution in [3.05, 3.63) is 70.7 Å². The van der Waals surface area contributed by atoms with Crippen molar-refractivity contribution in [3.63, 3.8) is 0 Å². The lowest BCUT2D eigenvalue weighted by atomic mass is 9.76. The first-order valence-electron chi connectivity index (χ1n) is 10.8. The summed E-state index contributed by atoms with van der Waals surface area (Å²) in [5.74, 6) is 1.50. The van der Waals surface area contributed by atoms with Gasteiger partial charge in [-0.25, -0.2) is 4.99 Å². The lowest BCUT2D eigenvalue weighted by molar-refractivity contribution is -0.129. The second-order valence-electron chi connectivity index (χ2n) is 8.82. The van der Waals surface area contributed by atoms with Gasteiger partial charge in [0.1, 0.15) is 5.54 Å². The molecule has 0 saturated heterocycles. The van der Waals surface area contributed by atoms with Crippen molar-refractivity contribution >= 4 is 23.6 Å². The number of rotatable bonds is 4. The maximum atomic E-state index is 13.5. The molecule has 2 unspecified atom stereocenters. The molecule has 0 bridgehead atoms. The van der Waals surface area contributed by atoms with Crippen LogP contribution in [0.5, 0.6) is 0 Å². The highest BCUT2D eigenvalue weighted by atomic mass is 32.2. The summed E-state index contributed by atoms with van der Waals surface area (Å²) in [6.07, 6.45) is 11.2. The van der Waals surface area contributed by atoms with Gasteiger partial charge in [0.05, 0.1) is 11.6 Å². The average Bonchev–Trinajstić information content (AvgIpc) is 3.24. The lowest BCUT2D eigenvalue weighted by Crippen LogP contribution is -2.54. The number of thioether (sulfide) groups is 1. The van der Waals surface area contributed by atoms with Gasteiger partial charge in [-0.1, -0.05) is 36.8 Å². The van der Waals surface area contributed by atoms with Crippen molar-refractivity contribution in [2.45, 2.75) is 49.5 Å². The molecular weight excluding hydrogens is 406 g/mol. The number of amides is 1. The first-order valence-corrected chi connectivity index (χ1v) is 11.8. The van der Waals surface area contributed by atoms with Crippen LogP contribution in [-0.4, -0.2) is 45.1 Å². The molecule has 2 N–H and O–H groups in total. The molecule has 1 aromatic heterocycles. The zero-order chi connectivity index (χ0) is 21.6. The van der Waals surface area contributed by atoms with E-state index in [4.69, 9.17) is 10.7 Å². The van der Waals surface area contributed by atoms with Gasteiger partial charge in [0.2, 0.25) is 5.91 Å². The van der Waals surface area contributed by atoms with E-state index in [1.165, 1.54) is 29.7 Å². The van der Waals surface area contributed by atoms with Crippen molar-refractivity contribution in [2.24, 2.45) is 10.7 Å². The smallest absolute Gasteiger partial charge is 0.239 e. The van der Waals surface area contributed by atoms with E-state index in [2.05, 4.69) is 40.3 Å².